The molecule has 1 aromatic carbocycles. The number of ether oxygens (including phenoxy) is 1. The van der Waals surface area contributed by atoms with Gasteiger partial charge in [0.05, 0.1) is 18.1 Å². The normalized spacial score (nSPS) is 20.6. The first-order chi connectivity index (χ1) is 13.1. The van der Waals surface area contributed by atoms with Gasteiger partial charge in [-0.1, -0.05) is 26.2 Å². The number of carbonyl (C=O) groups excluding carboxylic acids is 3. The molecular weight excluding hydrogens is 344 g/mol. The monoisotopic (exact) mass is 372 g/mol. The van der Waals surface area contributed by atoms with Crippen molar-refractivity contribution in [3.63, 3.8) is 0 Å². The number of amides is 2. The molecule has 1 saturated carbocycles. The molecule has 1 saturated heterocycles. The van der Waals surface area contributed by atoms with Crippen molar-refractivity contribution in [2.75, 3.05) is 18.5 Å². The van der Waals surface area contributed by atoms with E-state index in [1.807, 2.05) is 11.8 Å². The summed E-state index contributed by atoms with van der Waals surface area (Å²) in [6, 6.07) is 6.97. The smallest absolute Gasteiger partial charge is 0.338 e. The van der Waals surface area contributed by atoms with Crippen molar-refractivity contribution in [3.8, 4) is 0 Å². The molecular formula is C21H28N2O4. The molecule has 2 fully saturated rings. The summed E-state index contributed by atoms with van der Waals surface area (Å²) in [7, 11) is 0. The number of rotatable bonds is 6. The van der Waals surface area contributed by atoms with Crippen LogP contribution in [0.1, 0.15) is 62.2 Å². The summed E-state index contributed by atoms with van der Waals surface area (Å²) in [5.41, 5.74) is 1.08. The van der Waals surface area contributed by atoms with Crippen molar-refractivity contribution in [1.29, 1.82) is 0 Å². The molecule has 1 N–H and O–H groups in total. The van der Waals surface area contributed by atoms with E-state index in [0.29, 0.717) is 30.4 Å². The highest BCUT2D eigenvalue weighted by molar-refractivity contribution is 5.97. The van der Waals surface area contributed by atoms with Gasteiger partial charge in [0.15, 0.2) is 0 Å². The summed E-state index contributed by atoms with van der Waals surface area (Å²) in [4.78, 5) is 38.6. The first-order valence-electron chi connectivity index (χ1n) is 9.96. The topological polar surface area (TPSA) is 75.7 Å². The number of nitrogens with zero attached hydrogens (tertiary/aromatic N) is 1. The lowest BCUT2D eigenvalue weighted by molar-refractivity contribution is -0.130. The lowest BCUT2D eigenvalue weighted by atomic mass is 9.94. The molecule has 6 nitrogen and oxygen atoms in total. The molecule has 1 heterocycles. The minimum Gasteiger partial charge on any atom is -0.462 e. The molecule has 0 spiro atoms. The Balaban J connectivity index is 1.54. The van der Waals surface area contributed by atoms with Gasteiger partial charge in [-0.25, -0.2) is 4.79 Å². The number of hydrogen-bond acceptors (Lipinski definition) is 4. The third-order valence-corrected chi connectivity index (χ3v) is 5.37. The van der Waals surface area contributed by atoms with Crippen molar-refractivity contribution in [2.24, 2.45) is 5.92 Å². The summed E-state index contributed by atoms with van der Waals surface area (Å²) >= 11 is 0. The van der Waals surface area contributed by atoms with Crippen molar-refractivity contribution in [2.45, 2.75) is 57.9 Å². The van der Waals surface area contributed by atoms with Crippen LogP contribution >= 0.6 is 0 Å². The minimum absolute atomic E-state index is 0.0936. The van der Waals surface area contributed by atoms with Crippen LogP contribution in [0.2, 0.25) is 0 Å². The van der Waals surface area contributed by atoms with Gasteiger partial charge in [0.1, 0.15) is 0 Å². The third-order valence-electron chi connectivity index (χ3n) is 5.37. The maximum atomic E-state index is 12.6. The van der Waals surface area contributed by atoms with Crippen LogP contribution < -0.4 is 5.32 Å². The van der Waals surface area contributed by atoms with E-state index in [-0.39, 0.29) is 30.1 Å². The minimum atomic E-state index is -0.362. The molecule has 1 aromatic rings. The molecule has 27 heavy (non-hydrogen) atoms. The quantitative estimate of drug-likeness (QED) is 0.777. The van der Waals surface area contributed by atoms with E-state index in [1.165, 1.54) is 19.3 Å². The van der Waals surface area contributed by atoms with Crippen molar-refractivity contribution >= 4 is 23.5 Å². The lowest BCUT2D eigenvalue weighted by Crippen LogP contribution is -2.38. The molecule has 0 aromatic heterocycles. The van der Waals surface area contributed by atoms with Gasteiger partial charge in [0, 0.05) is 24.7 Å². The lowest BCUT2D eigenvalue weighted by Gasteiger charge is -2.31. The fourth-order valence-corrected chi connectivity index (χ4v) is 3.86. The van der Waals surface area contributed by atoms with Crippen LogP contribution in [0.15, 0.2) is 24.3 Å². The predicted octanol–water partition coefficient (Wildman–Crippen LogP) is 3.37. The highest BCUT2D eigenvalue weighted by Gasteiger charge is 2.38. The molecule has 1 atom stereocenters. The number of carbonyl (C=O) groups is 3. The first-order valence-corrected chi connectivity index (χ1v) is 9.96. The Bertz CT molecular complexity index is 680. The predicted molar refractivity (Wildman–Crippen MR) is 102 cm³/mol. The second-order valence-corrected chi connectivity index (χ2v) is 7.44. The van der Waals surface area contributed by atoms with Gasteiger partial charge in [-0.3, -0.25) is 9.59 Å². The molecule has 1 aliphatic carbocycles. The van der Waals surface area contributed by atoms with E-state index in [2.05, 4.69) is 5.32 Å². The average molecular weight is 372 g/mol. The second kappa shape index (κ2) is 9.02. The van der Waals surface area contributed by atoms with E-state index in [1.54, 1.807) is 24.3 Å². The number of nitrogens with one attached hydrogen (secondary N) is 1. The fraction of sp³-hybridized carbons (Fsp3) is 0.571. The fourth-order valence-electron chi connectivity index (χ4n) is 3.86. The second-order valence-electron chi connectivity index (χ2n) is 7.44. The first kappa shape index (κ1) is 19.4. The Hall–Kier alpha value is -2.37. The van der Waals surface area contributed by atoms with Crippen LogP contribution in [-0.4, -0.2) is 41.9 Å². The summed E-state index contributed by atoms with van der Waals surface area (Å²) in [5, 5.41) is 2.87. The van der Waals surface area contributed by atoms with Gasteiger partial charge in [0.25, 0.3) is 0 Å². The van der Waals surface area contributed by atoms with Gasteiger partial charge in [-0.2, -0.15) is 0 Å². The molecule has 2 aliphatic rings. The van der Waals surface area contributed by atoms with E-state index < -0.39 is 0 Å². The van der Waals surface area contributed by atoms with E-state index in [4.69, 9.17) is 4.74 Å². The zero-order valence-corrected chi connectivity index (χ0v) is 15.9. The van der Waals surface area contributed by atoms with Gasteiger partial charge in [0.2, 0.25) is 11.8 Å². The van der Waals surface area contributed by atoms with Crippen LogP contribution in [-0.2, 0) is 14.3 Å². The van der Waals surface area contributed by atoms with Gasteiger partial charge in [-0.05, 0) is 43.5 Å². The SMILES string of the molecule is CCCOC(=O)c1ccc(NC(=O)C2CC(=O)N(C3CCCCC3)C2)cc1. The molecule has 1 aliphatic heterocycles. The summed E-state index contributed by atoms with van der Waals surface area (Å²) in [6.45, 7) is 2.84. The van der Waals surface area contributed by atoms with Crippen molar-refractivity contribution < 1.29 is 19.1 Å². The molecule has 2 amide bonds. The highest BCUT2D eigenvalue weighted by atomic mass is 16.5. The van der Waals surface area contributed by atoms with Crippen LogP contribution in [0.3, 0.4) is 0 Å². The van der Waals surface area contributed by atoms with Gasteiger partial charge in [-0.15, -0.1) is 0 Å². The molecule has 146 valence electrons. The molecule has 0 radical (unpaired) electrons. The largest absolute Gasteiger partial charge is 0.462 e. The van der Waals surface area contributed by atoms with E-state index in [0.717, 1.165) is 19.3 Å². The average Bonchev–Trinajstić information content (AvgIpc) is 3.09. The Morgan fingerprint density at radius 1 is 1.15 bits per heavy atom. The summed E-state index contributed by atoms with van der Waals surface area (Å²) < 4.78 is 5.09. The zero-order valence-electron chi connectivity index (χ0n) is 15.9. The standard InChI is InChI=1S/C21H28N2O4/c1-2-12-27-21(26)15-8-10-17(11-9-15)22-20(25)16-13-19(24)23(14-16)18-6-4-3-5-7-18/h8-11,16,18H,2-7,12-14H2,1H3,(H,22,25). The van der Waals surface area contributed by atoms with Crippen LogP contribution in [0, 0.1) is 5.92 Å². The van der Waals surface area contributed by atoms with Gasteiger partial charge >= 0.3 is 5.97 Å². The summed E-state index contributed by atoms with van der Waals surface area (Å²) in [6.07, 6.45) is 6.73. The summed E-state index contributed by atoms with van der Waals surface area (Å²) in [5.74, 6) is -0.716. The van der Waals surface area contributed by atoms with Crippen molar-refractivity contribution in [3.05, 3.63) is 29.8 Å². The van der Waals surface area contributed by atoms with Crippen LogP contribution in [0.5, 0.6) is 0 Å². The van der Waals surface area contributed by atoms with E-state index in [9.17, 15) is 14.4 Å². The van der Waals surface area contributed by atoms with E-state index >= 15 is 0 Å². The third kappa shape index (κ3) is 4.87. The highest BCUT2D eigenvalue weighted by Crippen LogP contribution is 2.29. The molecule has 0 bridgehead atoms. The molecule has 1 unspecified atom stereocenters. The van der Waals surface area contributed by atoms with Crippen LogP contribution in [0.25, 0.3) is 0 Å². The maximum absolute atomic E-state index is 12.6. The zero-order chi connectivity index (χ0) is 19.2. The molecule has 3 rings (SSSR count). The maximum Gasteiger partial charge on any atom is 0.338 e. The Kier molecular flexibility index (Phi) is 6.48. The Morgan fingerprint density at radius 2 is 1.85 bits per heavy atom. The van der Waals surface area contributed by atoms with Gasteiger partial charge < -0.3 is 15.0 Å². The Morgan fingerprint density at radius 3 is 2.52 bits per heavy atom. The Labute approximate surface area is 160 Å². The number of hydrogen-bond donors (Lipinski definition) is 1. The number of likely N-dealkylation sites (tertiary alicyclic amines) is 1. The number of esters is 1. The van der Waals surface area contributed by atoms with Crippen LogP contribution in [0.4, 0.5) is 5.69 Å². The molecule has 6 heteroatoms. The number of anilines is 1. The number of benzene rings is 1. The van der Waals surface area contributed by atoms with Crippen molar-refractivity contribution in [1.82, 2.24) is 4.90 Å².